The minimum Gasteiger partial charge on any atom is -0.466 e. The second-order valence-electron chi connectivity index (χ2n) is 3.76. The molecule has 0 atom stereocenters. The third-order valence-corrected chi connectivity index (χ3v) is 2.40. The molecule has 0 amide bonds. The molecule has 0 bridgehead atoms. The van der Waals surface area contributed by atoms with Gasteiger partial charge in [-0.2, -0.15) is 0 Å². The number of unbranched alkanes of at least 4 members (excludes halogenated alkanes) is 3. The van der Waals surface area contributed by atoms with Crippen molar-refractivity contribution in [3.8, 4) is 0 Å². The quantitative estimate of drug-likeness (QED) is 0.545. The zero-order chi connectivity index (χ0) is 11.6. The molecular formula is C12H20N2O2. The Morgan fingerprint density at radius 1 is 1.38 bits per heavy atom. The highest BCUT2D eigenvalue weighted by Gasteiger charge is 2.01. The summed E-state index contributed by atoms with van der Waals surface area (Å²) in [6.45, 7) is 2.32. The molecule has 0 saturated heterocycles. The summed E-state index contributed by atoms with van der Waals surface area (Å²) in [6, 6.07) is 0. The maximum atomic E-state index is 11.0. The van der Waals surface area contributed by atoms with E-state index in [4.69, 9.17) is 4.74 Å². The van der Waals surface area contributed by atoms with Crippen molar-refractivity contribution in [2.24, 2.45) is 0 Å². The predicted octanol–water partition coefficient (Wildman–Crippen LogP) is 2.47. The lowest BCUT2D eigenvalue weighted by Crippen LogP contribution is -2.03. The molecule has 0 aliphatic heterocycles. The van der Waals surface area contributed by atoms with Gasteiger partial charge in [0.05, 0.1) is 6.61 Å². The lowest BCUT2D eigenvalue weighted by molar-refractivity contribution is -0.143. The lowest BCUT2D eigenvalue weighted by Gasteiger charge is -2.01. The number of hydrogen-bond donors (Lipinski definition) is 1. The van der Waals surface area contributed by atoms with Crippen molar-refractivity contribution < 1.29 is 9.53 Å². The van der Waals surface area contributed by atoms with Gasteiger partial charge in [0.2, 0.25) is 0 Å². The summed E-state index contributed by atoms with van der Waals surface area (Å²) < 4.78 is 4.85. The monoisotopic (exact) mass is 224 g/mol. The van der Waals surface area contributed by atoms with E-state index in [2.05, 4.69) is 9.97 Å². The van der Waals surface area contributed by atoms with Crippen molar-refractivity contribution in [2.75, 3.05) is 6.61 Å². The average Bonchev–Trinajstić information content (AvgIpc) is 2.76. The van der Waals surface area contributed by atoms with Crippen molar-refractivity contribution in [2.45, 2.75) is 45.4 Å². The fraction of sp³-hybridized carbons (Fsp3) is 0.667. The predicted molar refractivity (Wildman–Crippen MR) is 62.0 cm³/mol. The first kappa shape index (κ1) is 12.7. The fourth-order valence-corrected chi connectivity index (χ4v) is 1.58. The van der Waals surface area contributed by atoms with Gasteiger partial charge < -0.3 is 9.72 Å². The van der Waals surface area contributed by atoms with Gasteiger partial charge in [0.1, 0.15) is 5.82 Å². The molecule has 4 heteroatoms. The highest BCUT2D eigenvalue weighted by atomic mass is 16.5. The van der Waals surface area contributed by atoms with Gasteiger partial charge >= 0.3 is 5.97 Å². The molecule has 1 aromatic rings. The molecular weight excluding hydrogens is 204 g/mol. The molecule has 0 unspecified atom stereocenters. The van der Waals surface area contributed by atoms with E-state index in [0.29, 0.717) is 13.0 Å². The van der Waals surface area contributed by atoms with Crippen LogP contribution >= 0.6 is 0 Å². The molecule has 1 heterocycles. The topological polar surface area (TPSA) is 55.0 Å². The molecule has 0 radical (unpaired) electrons. The number of aromatic amines is 1. The minimum atomic E-state index is -0.0754. The molecule has 0 aromatic carbocycles. The van der Waals surface area contributed by atoms with Gasteiger partial charge in [0.15, 0.2) is 0 Å². The number of carbonyl (C=O) groups is 1. The normalized spacial score (nSPS) is 10.3. The third-order valence-electron chi connectivity index (χ3n) is 2.40. The van der Waals surface area contributed by atoms with Crippen LogP contribution in [0.5, 0.6) is 0 Å². The van der Waals surface area contributed by atoms with Gasteiger partial charge in [0, 0.05) is 25.2 Å². The van der Waals surface area contributed by atoms with E-state index in [9.17, 15) is 4.79 Å². The molecule has 0 spiro atoms. The van der Waals surface area contributed by atoms with Crippen LogP contribution in [0, 0.1) is 0 Å². The fourth-order valence-electron chi connectivity index (χ4n) is 1.58. The van der Waals surface area contributed by atoms with Crippen LogP contribution in [0.15, 0.2) is 12.4 Å². The number of esters is 1. The molecule has 0 aliphatic rings. The Hall–Kier alpha value is -1.32. The van der Waals surface area contributed by atoms with E-state index in [1.807, 2.05) is 13.1 Å². The maximum Gasteiger partial charge on any atom is 0.305 e. The van der Waals surface area contributed by atoms with Crippen LogP contribution in [0.25, 0.3) is 0 Å². The van der Waals surface area contributed by atoms with Crippen molar-refractivity contribution in [1.82, 2.24) is 9.97 Å². The van der Waals surface area contributed by atoms with Crippen LogP contribution in [-0.4, -0.2) is 22.5 Å². The number of ether oxygens (including phenoxy) is 1. The van der Waals surface area contributed by atoms with E-state index in [1.165, 1.54) is 0 Å². The first-order valence-corrected chi connectivity index (χ1v) is 5.96. The maximum absolute atomic E-state index is 11.0. The van der Waals surface area contributed by atoms with E-state index < -0.39 is 0 Å². The minimum absolute atomic E-state index is 0.0754. The number of hydrogen-bond acceptors (Lipinski definition) is 3. The highest BCUT2D eigenvalue weighted by Crippen LogP contribution is 2.06. The Balaban J connectivity index is 1.90. The van der Waals surface area contributed by atoms with Crippen LogP contribution in [0.1, 0.15) is 44.9 Å². The van der Waals surface area contributed by atoms with Gasteiger partial charge in [-0.3, -0.25) is 4.79 Å². The van der Waals surface area contributed by atoms with Gasteiger partial charge in [0.25, 0.3) is 0 Å². The van der Waals surface area contributed by atoms with Crippen molar-refractivity contribution in [1.29, 1.82) is 0 Å². The summed E-state index contributed by atoms with van der Waals surface area (Å²) in [7, 11) is 0. The Kier molecular flexibility index (Phi) is 6.30. The molecule has 90 valence electrons. The number of H-pyrrole nitrogens is 1. The zero-order valence-corrected chi connectivity index (χ0v) is 9.87. The Morgan fingerprint density at radius 2 is 2.19 bits per heavy atom. The number of imidazole rings is 1. The summed E-state index contributed by atoms with van der Waals surface area (Å²) in [5, 5.41) is 0. The Bertz CT molecular complexity index is 283. The number of carbonyl (C=O) groups excluding carboxylic acids is 1. The Morgan fingerprint density at radius 3 is 2.88 bits per heavy atom. The molecule has 1 rings (SSSR count). The van der Waals surface area contributed by atoms with Gasteiger partial charge in [-0.05, 0) is 19.8 Å². The number of nitrogens with one attached hydrogen (secondary N) is 1. The van der Waals surface area contributed by atoms with Crippen molar-refractivity contribution in [3.63, 3.8) is 0 Å². The number of aromatic nitrogens is 2. The standard InChI is InChI=1S/C12H20N2O2/c1-2-16-12(15)8-6-4-3-5-7-11-13-9-10-14-11/h9-10H,2-8H2,1H3,(H,13,14). The second-order valence-corrected chi connectivity index (χ2v) is 3.76. The van der Waals surface area contributed by atoms with Crippen LogP contribution in [-0.2, 0) is 16.0 Å². The molecule has 0 aliphatic carbocycles. The van der Waals surface area contributed by atoms with Gasteiger partial charge in [-0.1, -0.05) is 12.8 Å². The molecule has 1 aromatic heterocycles. The van der Waals surface area contributed by atoms with Crippen LogP contribution in [0.3, 0.4) is 0 Å². The summed E-state index contributed by atoms with van der Waals surface area (Å²) in [5.41, 5.74) is 0. The van der Waals surface area contributed by atoms with Gasteiger partial charge in [-0.25, -0.2) is 4.98 Å². The summed E-state index contributed by atoms with van der Waals surface area (Å²) in [6.07, 6.45) is 9.43. The molecule has 1 N–H and O–H groups in total. The van der Waals surface area contributed by atoms with Crippen LogP contribution in [0.4, 0.5) is 0 Å². The van der Waals surface area contributed by atoms with Crippen molar-refractivity contribution in [3.05, 3.63) is 18.2 Å². The summed E-state index contributed by atoms with van der Waals surface area (Å²) in [5.74, 6) is 0.971. The van der Waals surface area contributed by atoms with Crippen LogP contribution in [0.2, 0.25) is 0 Å². The molecule has 4 nitrogen and oxygen atoms in total. The number of rotatable bonds is 8. The van der Waals surface area contributed by atoms with E-state index in [1.54, 1.807) is 6.20 Å². The van der Waals surface area contributed by atoms with Crippen molar-refractivity contribution >= 4 is 5.97 Å². The lowest BCUT2D eigenvalue weighted by atomic mass is 10.1. The molecule has 16 heavy (non-hydrogen) atoms. The average molecular weight is 224 g/mol. The zero-order valence-electron chi connectivity index (χ0n) is 9.87. The highest BCUT2D eigenvalue weighted by molar-refractivity contribution is 5.69. The second kappa shape index (κ2) is 7.91. The first-order valence-electron chi connectivity index (χ1n) is 5.96. The first-order chi connectivity index (χ1) is 7.83. The number of nitrogens with zero attached hydrogens (tertiary/aromatic N) is 1. The van der Waals surface area contributed by atoms with E-state index in [0.717, 1.165) is 37.9 Å². The molecule has 0 fully saturated rings. The molecule has 0 saturated carbocycles. The smallest absolute Gasteiger partial charge is 0.305 e. The SMILES string of the molecule is CCOC(=O)CCCCCCc1ncc[nH]1. The number of aryl methyl sites for hydroxylation is 1. The van der Waals surface area contributed by atoms with E-state index in [-0.39, 0.29) is 5.97 Å². The van der Waals surface area contributed by atoms with Gasteiger partial charge in [-0.15, -0.1) is 0 Å². The van der Waals surface area contributed by atoms with E-state index >= 15 is 0 Å². The largest absolute Gasteiger partial charge is 0.466 e. The third kappa shape index (κ3) is 5.53. The summed E-state index contributed by atoms with van der Waals surface area (Å²) >= 11 is 0. The Labute approximate surface area is 96.4 Å². The summed E-state index contributed by atoms with van der Waals surface area (Å²) in [4.78, 5) is 18.3. The van der Waals surface area contributed by atoms with Crippen LogP contribution < -0.4 is 0 Å².